The summed E-state index contributed by atoms with van der Waals surface area (Å²) in [5.74, 6) is 0.416. The van der Waals surface area contributed by atoms with Gasteiger partial charge in [-0.3, -0.25) is 0 Å². The zero-order valence-corrected chi connectivity index (χ0v) is 23.2. The van der Waals surface area contributed by atoms with E-state index in [9.17, 15) is 0 Å². The minimum Gasteiger partial charge on any atom is -0.0619 e. The summed E-state index contributed by atoms with van der Waals surface area (Å²) in [5, 5.41) is 5.14. The summed E-state index contributed by atoms with van der Waals surface area (Å²) in [4.78, 5) is 0. The summed E-state index contributed by atoms with van der Waals surface area (Å²) < 4.78 is 0. The van der Waals surface area contributed by atoms with E-state index >= 15 is 0 Å². The molecule has 0 N–H and O–H groups in total. The van der Waals surface area contributed by atoms with Gasteiger partial charge in [0.2, 0.25) is 0 Å². The van der Waals surface area contributed by atoms with Gasteiger partial charge in [-0.25, -0.2) is 0 Å². The largest absolute Gasteiger partial charge is 0.0619 e. The fourth-order valence-electron chi connectivity index (χ4n) is 7.56. The van der Waals surface area contributed by atoms with Crippen molar-refractivity contribution in [2.24, 2.45) is 0 Å². The zero-order chi connectivity index (χ0) is 27.6. The molecule has 0 saturated carbocycles. The van der Waals surface area contributed by atoms with Gasteiger partial charge in [0.1, 0.15) is 0 Å². The average Bonchev–Trinajstić information content (AvgIpc) is 3.57. The predicted molar refractivity (Wildman–Crippen MR) is 177 cm³/mol. The Kier molecular flexibility index (Phi) is 5.12. The highest BCUT2D eigenvalue weighted by Gasteiger charge is 2.43. The summed E-state index contributed by atoms with van der Waals surface area (Å²) in [6.45, 7) is 0. The summed E-state index contributed by atoms with van der Waals surface area (Å²) in [7, 11) is 0. The lowest BCUT2D eigenvalue weighted by Crippen LogP contribution is -2.05. The van der Waals surface area contributed by atoms with Crippen molar-refractivity contribution in [3.05, 3.63) is 191 Å². The van der Waals surface area contributed by atoms with E-state index in [1.807, 2.05) is 0 Å². The van der Waals surface area contributed by atoms with Crippen LogP contribution in [0.1, 0.15) is 45.2 Å². The van der Waals surface area contributed by atoms with Crippen molar-refractivity contribution in [1.82, 2.24) is 0 Å². The van der Waals surface area contributed by atoms with Gasteiger partial charge in [-0.2, -0.15) is 0 Å². The van der Waals surface area contributed by atoms with Crippen LogP contribution in [0.25, 0.3) is 43.8 Å². The molecule has 196 valence electrons. The van der Waals surface area contributed by atoms with Crippen LogP contribution in [0.4, 0.5) is 0 Å². The quantitative estimate of drug-likeness (QED) is 0.212. The third kappa shape index (κ3) is 3.49. The second kappa shape index (κ2) is 9.16. The Morgan fingerprint density at radius 2 is 0.810 bits per heavy atom. The molecule has 0 nitrogen and oxygen atoms in total. The summed E-state index contributed by atoms with van der Waals surface area (Å²) in [6.07, 6.45) is 0. The maximum atomic E-state index is 2.42. The van der Waals surface area contributed by atoms with Gasteiger partial charge in [-0.15, -0.1) is 0 Å². The fraction of sp³-hybridized carbons (Fsp3) is 0.0476. The van der Waals surface area contributed by atoms with Crippen molar-refractivity contribution in [3.8, 4) is 11.1 Å². The van der Waals surface area contributed by atoms with Crippen molar-refractivity contribution in [1.29, 1.82) is 0 Å². The van der Waals surface area contributed by atoms with Crippen molar-refractivity contribution in [3.63, 3.8) is 0 Å². The molecule has 7 aromatic carbocycles. The van der Waals surface area contributed by atoms with Crippen molar-refractivity contribution < 1.29 is 0 Å². The highest BCUT2D eigenvalue weighted by atomic mass is 14.5. The molecule has 0 heteroatoms. The molecule has 0 amide bonds. The first-order chi connectivity index (χ1) is 20.8. The van der Waals surface area contributed by atoms with Crippen molar-refractivity contribution in [2.45, 2.75) is 11.8 Å². The first kappa shape index (κ1) is 23.5. The molecule has 0 aromatic heterocycles. The highest BCUT2D eigenvalue weighted by Crippen LogP contribution is 2.61. The van der Waals surface area contributed by atoms with Gasteiger partial charge >= 0.3 is 0 Å². The third-order valence-corrected chi connectivity index (χ3v) is 9.40. The molecule has 0 saturated heterocycles. The molecule has 0 aliphatic heterocycles. The third-order valence-electron chi connectivity index (χ3n) is 9.40. The van der Waals surface area contributed by atoms with Gasteiger partial charge < -0.3 is 0 Å². The van der Waals surface area contributed by atoms with Gasteiger partial charge in [0.25, 0.3) is 0 Å². The molecule has 7 aromatic rings. The molecule has 0 spiro atoms. The second-order valence-corrected chi connectivity index (χ2v) is 11.7. The first-order valence-corrected chi connectivity index (χ1v) is 14.8. The predicted octanol–water partition coefficient (Wildman–Crippen LogP) is 10.9. The van der Waals surface area contributed by atoms with Crippen LogP contribution in [0.5, 0.6) is 0 Å². The summed E-state index contributed by atoms with van der Waals surface area (Å²) in [5.41, 5.74) is 13.8. The first-order valence-electron chi connectivity index (χ1n) is 14.8. The number of hydrogen-bond acceptors (Lipinski definition) is 0. The van der Waals surface area contributed by atoms with Gasteiger partial charge in [-0.1, -0.05) is 152 Å². The Morgan fingerprint density at radius 3 is 1.48 bits per heavy atom. The number of hydrogen-bond donors (Lipinski definition) is 0. The van der Waals surface area contributed by atoms with Gasteiger partial charge in [0.05, 0.1) is 0 Å². The van der Waals surface area contributed by atoms with E-state index < -0.39 is 0 Å². The van der Waals surface area contributed by atoms with Crippen molar-refractivity contribution >= 4 is 32.7 Å². The molecule has 2 aliphatic rings. The Labute approximate surface area is 246 Å². The molecular formula is C42H28. The molecule has 2 atom stereocenters. The van der Waals surface area contributed by atoms with Crippen LogP contribution in [0.15, 0.2) is 158 Å². The lowest BCUT2D eigenvalue weighted by Gasteiger charge is -2.21. The van der Waals surface area contributed by atoms with Gasteiger partial charge in [-0.05, 0) is 83.3 Å². The Hall–Kier alpha value is -5.20. The van der Waals surface area contributed by atoms with Crippen LogP contribution in [0, 0.1) is 0 Å². The maximum Gasteiger partial charge on any atom is 0.0355 e. The molecule has 2 aliphatic carbocycles. The van der Waals surface area contributed by atoms with E-state index in [4.69, 9.17) is 0 Å². The molecule has 2 unspecified atom stereocenters. The van der Waals surface area contributed by atoms with Crippen LogP contribution in [0.2, 0.25) is 0 Å². The smallest absolute Gasteiger partial charge is 0.0355 e. The van der Waals surface area contributed by atoms with E-state index in [0.29, 0.717) is 0 Å². The van der Waals surface area contributed by atoms with Crippen LogP contribution < -0.4 is 0 Å². The Morgan fingerprint density at radius 1 is 0.310 bits per heavy atom. The molecule has 42 heavy (non-hydrogen) atoms. The van der Waals surface area contributed by atoms with Crippen LogP contribution in [-0.2, 0) is 0 Å². The lowest BCUT2D eigenvalue weighted by molar-refractivity contribution is 1.04. The van der Waals surface area contributed by atoms with Crippen LogP contribution >= 0.6 is 0 Å². The topological polar surface area (TPSA) is 0 Å². The van der Waals surface area contributed by atoms with E-state index in [1.165, 1.54) is 77.2 Å². The Bertz CT molecular complexity index is 2210. The highest BCUT2D eigenvalue weighted by molar-refractivity contribution is 6.09. The zero-order valence-electron chi connectivity index (χ0n) is 23.2. The maximum absolute atomic E-state index is 2.42. The summed E-state index contributed by atoms with van der Waals surface area (Å²) >= 11 is 0. The number of benzene rings is 7. The van der Waals surface area contributed by atoms with E-state index in [1.54, 1.807) is 0 Å². The average molecular weight is 533 g/mol. The summed E-state index contributed by atoms with van der Waals surface area (Å²) in [6, 6.07) is 58.6. The standard InChI is InChI=1S/C42H28/c1-3-12-29-24-32(22-20-27(29)10-1)31-14-9-15-33(26-31)39-35-16-5-7-18-37(35)42-40(36-17-6-8-19-38(36)41(39)42)34-23-21-28-11-2-4-13-30(28)25-34/h1-26,39-40H. The number of allylic oxidation sites excluding steroid dienone is 2. The molecule has 0 fully saturated rings. The number of rotatable bonds is 3. The van der Waals surface area contributed by atoms with Crippen LogP contribution in [0.3, 0.4) is 0 Å². The van der Waals surface area contributed by atoms with E-state index in [-0.39, 0.29) is 11.8 Å². The molecule has 0 bridgehead atoms. The monoisotopic (exact) mass is 532 g/mol. The lowest BCUT2D eigenvalue weighted by atomic mass is 9.81. The molecule has 0 heterocycles. The molecule has 0 radical (unpaired) electrons. The van der Waals surface area contributed by atoms with Gasteiger partial charge in [0.15, 0.2) is 0 Å². The van der Waals surface area contributed by atoms with E-state index in [2.05, 4.69) is 158 Å². The van der Waals surface area contributed by atoms with Crippen molar-refractivity contribution in [2.75, 3.05) is 0 Å². The molecular weight excluding hydrogens is 504 g/mol. The normalized spacial score (nSPS) is 17.0. The molecule has 9 rings (SSSR count). The van der Waals surface area contributed by atoms with Gasteiger partial charge in [0, 0.05) is 11.8 Å². The fourth-order valence-corrected chi connectivity index (χ4v) is 7.56. The number of fused-ring (bicyclic) bond motifs is 6. The second-order valence-electron chi connectivity index (χ2n) is 11.7. The Balaban J connectivity index is 1.24. The minimum atomic E-state index is 0.197. The SMILES string of the molecule is c1cc(-c2ccc3ccccc3c2)cc(C2C3=C(c4ccccc42)C(c2ccc4ccccc4c2)c2ccccc23)c1. The van der Waals surface area contributed by atoms with E-state index in [0.717, 1.165) is 0 Å². The van der Waals surface area contributed by atoms with Crippen LogP contribution in [-0.4, -0.2) is 0 Å². The minimum absolute atomic E-state index is 0.197.